The molecule has 2 aliphatic rings. The molecule has 1 aliphatic carbocycles. The van der Waals surface area contributed by atoms with Gasteiger partial charge in [0.15, 0.2) is 0 Å². The lowest BCUT2D eigenvalue weighted by molar-refractivity contribution is -0.126. The van der Waals surface area contributed by atoms with Crippen molar-refractivity contribution in [2.45, 2.75) is 38.5 Å². The van der Waals surface area contributed by atoms with Gasteiger partial charge in [0, 0.05) is 12.2 Å². The predicted octanol–water partition coefficient (Wildman–Crippen LogP) is 4.20. The van der Waals surface area contributed by atoms with E-state index in [2.05, 4.69) is 10.6 Å². The summed E-state index contributed by atoms with van der Waals surface area (Å²) in [6.07, 6.45) is 6.87. The lowest BCUT2D eigenvalue weighted by Gasteiger charge is -2.27. The molecule has 1 fully saturated rings. The van der Waals surface area contributed by atoms with Crippen molar-refractivity contribution < 1.29 is 19.1 Å². The number of benzene rings is 2. The minimum absolute atomic E-state index is 0.0553. The molecule has 0 saturated heterocycles. The van der Waals surface area contributed by atoms with Crippen LogP contribution in [0.5, 0.6) is 11.5 Å². The quantitative estimate of drug-likeness (QED) is 0.732. The van der Waals surface area contributed by atoms with Crippen LogP contribution < -0.4 is 20.1 Å². The number of anilines is 1. The van der Waals surface area contributed by atoms with Crippen molar-refractivity contribution in [3.05, 3.63) is 53.6 Å². The van der Waals surface area contributed by atoms with Crippen molar-refractivity contribution in [3.63, 3.8) is 0 Å². The summed E-state index contributed by atoms with van der Waals surface area (Å²) in [5.41, 5.74) is 2.07. The average Bonchev–Trinajstić information content (AvgIpc) is 2.82. The molecule has 2 aromatic rings. The molecular weight excluding hydrogens is 392 g/mol. The zero-order valence-electron chi connectivity index (χ0n) is 18.0. The molecule has 31 heavy (non-hydrogen) atoms. The van der Waals surface area contributed by atoms with Crippen LogP contribution in [0.3, 0.4) is 0 Å². The number of hydrogen-bond donors (Lipinski definition) is 2. The second-order valence-corrected chi connectivity index (χ2v) is 8.44. The summed E-state index contributed by atoms with van der Waals surface area (Å²) in [5, 5.41) is 6.05. The van der Waals surface area contributed by atoms with Crippen molar-refractivity contribution >= 4 is 17.5 Å². The second-order valence-electron chi connectivity index (χ2n) is 8.44. The second kappa shape index (κ2) is 9.86. The number of para-hydroxylation sites is 1. The maximum absolute atomic E-state index is 12.7. The fraction of sp³-hybridized carbons (Fsp3) is 0.440. The normalized spacial score (nSPS) is 18.4. The van der Waals surface area contributed by atoms with Crippen molar-refractivity contribution in [1.29, 1.82) is 0 Å². The zero-order chi connectivity index (χ0) is 21.6. The number of carbonyl (C=O) groups is 2. The number of methoxy groups -OCH3 is 1. The maximum atomic E-state index is 12.7. The van der Waals surface area contributed by atoms with Gasteiger partial charge in [0.05, 0.1) is 18.6 Å². The first kappa shape index (κ1) is 21.2. The van der Waals surface area contributed by atoms with Gasteiger partial charge < -0.3 is 20.1 Å². The summed E-state index contributed by atoms with van der Waals surface area (Å²) in [5.74, 6) is 1.50. The summed E-state index contributed by atoms with van der Waals surface area (Å²) in [6.45, 7) is 1.15. The van der Waals surface area contributed by atoms with Crippen LogP contribution in [-0.2, 0) is 11.2 Å². The van der Waals surface area contributed by atoms with Crippen LogP contribution >= 0.6 is 0 Å². The summed E-state index contributed by atoms with van der Waals surface area (Å²) in [7, 11) is 1.54. The SMILES string of the molecule is COc1ccccc1C(=O)Nc1ccc2c(c1)CC(C(=O)NCC1CCCCC1)CO2. The van der Waals surface area contributed by atoms with E-state index in [0.717, 1.165) is 17.9 Å². The van der Waals surface area contributed by atoms with Gasteiger partial charge in [-0.15, -0.1) is 0 Å². The van der Waals surface area contributed by atoms with Crippen LogP contribution in [0.1, 0.15) is 48.0 Å². The molecule has 1 aliphatic heterocycles. The number of hydrogen-bond acceptors (Lipinski definition) is 4. The van der Waals surface area contributed by atoms with E-state index in [1.54, 1.807) is 25.3 Å². The van der Waals surface area contributed by atoms with Crippen LogP contribution in [0.2, 0.25) is 0 Å². The molecule has 2 aromatic carbocycles. The molecule has 1 saturated carbocycles. The monoisotopic (exact) mass is 422 g/mol. The van der Waals surface area contributed by atoms with Crippen molar-refractivity contribution in [2.75, 3.05) is 25.6 Å². The third kappa shape index (κ3) is 5.19. The smallest absolute Gasteiger partial charge is 0.259 e. The Morgan fingerprint density at radius 1 is 1.10 bits per heavy atom. The van der Waals surface area contributed by atoms with Crippen LogP contribution in [0, 0.1) is 11.8 Å². The topological polar surface area (TPSA) is 76.7 Å². The Balaban J connectivity index is 1.38. The third-order valence-electron chi connectivity index (χ3n) is 6.24. The minimum Gasteiger partial charge on any atom is -0.496 e. The lowest BCUT2D eigenvalue weighted by atomic mass is 9.89. The van der Waals surface area contributed by atoms with Gasteiger partial charge in [-0.1, -0.05) is 31.4 Å². The van der Waals surface area contributed by atoms with E-state index in [1.807, 2.05) is 24.3 Å². The van der Waals surface area contributed by atoms with Gasteiger partial charge in [0.2, 0.25) is 5.91 Å². The highest BCUT2D eigenvalue weighted by molar-refractivity contribution is 6.06. The van der Waals surface area contributed by atoms with Gasteiger partial charge in [-0.25, -0.2) is 0 Å². The van der Waals surface area contributed by atoms with E-state index < -0.39 is 0 Å². The van der Waals surface area contributed by atoms with Crippen molar-refractivity contribution in [3.8, 4) is 11.5 Å². The van der Waals surface area contributed by atoms with E-state index in [0.29, 0.717) is 35.9 Å². The fourth-order valence-corrected chi connectivity index (χ4v) is 4.45. The van der Waals surface area contributed by atoms with Crippen molar-refractivity contribution in [1.82, 2.24) is 5.32 Å². The molecular formula is C25H30N2O4. The largest absolute Gasteiger partial charge is 0.496 e. The van der Waals surface area contributed by atoms with E-state index in [-0.39, 0.29) is 17.7 Å². The molecule has 6 heteroatoms. The Hall–Kier alpha value is -3.02. The number of nitrogens with one attached hydrogen (secondary N) is 2. The summed E-state index contributed by atoms with van der Waals surface area (Å²) >= 11 is 0. The Kier molecular flexibility index (Phi) is 6.75. The van der Waals surface area contributed by atoms with Crippen LogP contribution in [-0.4, -0.2) is 32.1 Å². The molecule has 0 aromatic heterocycles. The molecule has 2 amide bonds. The number of ether oxygens (including phenoxy) is 2. The van der Waals surface area contributed by atoms with E-state index in [9.17, 15) is 9.59 Å². The molecule has 0 radical (unpaired) electrons. The van der Waals surface area contributed by atoms with Gasteiger partial charge in [0.25, 0.3) is 5.91 Å². The number of rotatable bonds is 6. The maximum Gasteiger partial charge on any atom is 0.259 e. The van der Waals surface area contributed by atoms with E-state index in [4.69, 9.17) is 9.47 Å². The van der Waals surface area contributed by atoms with Gasteiger partial charge in [-0.05, 0) is 61.1 Å². The number of fused-ring (bicyclic) bond motifs is 1. The average molecular weight is 423 g/mol. The van der Waals surface area contributed by atoms with Crippen LogP contribution in [0.4, 0.5) is 5.69 Å². The van der Waals surface area contributed by atoms with Crippen LogP contribution in [0.15, 0.2) is 42.5 Å². The fourth-order valence-electron chi connectivity index (χ4n) is 4.45. The molecule has 6 nitrogen and oxygen atoms in total. The molecule has 1 atom stereocenters. The molecule has 164 valence electrons. The first-order chi connectivity index (χ1) is 15.1. The van der Waals surface area contributed by atoms with Gasteiger partial charge in [-0.3, -0.25) is 9.59 Å². The Bertz CT molecular complexity index is 937. The van der Waals surface area contributed by atoms with E-state index >= 15 is 0 Å². The van der Waals surface area contributed by atoms with Crippen LogP contribution in [0.25, 0.3) is 0 Å². The Morgan fingerprint density at radius 3 is 2.71 bits per heavy atom. The summed E-state index contributed by atoms with van der Waals surface area (Å²) in [4.78, 5) is 25.4. The van der Waals surface area contributed by atoms with E-state index in [1.165, 1.54) is 32.1 Å². The summed E-state index contributed by atoms with van der Waals surface area (Å²) < 4.78 is 11.1. The molecule has 1 heterocycles. The van der Waals surface area contributed by atoms with Crippen molar-refractivity contribution in [2.24, 2.45) is 11.8 Å². The lowest BCUT2D eigenvalue weighted by Crippen LogP contribution is -2.39. The molecule has 1 unspecified atom stereocenters. The summed E-state index contributed by atoms with van der Waals surface area (Å²) in [6, 6.07) is 12.7. The standard InChI is InChI=1S/C25H30N2O4/c1-30-23-10-6-5-9-21(23)25(29)27-20-11-12-22-18(14-20)13-19(16-31-22)24(28)26-15-17-7-3-2-4-8-17/h5-6,9-12,14,17,19H,2-4,7-8,13,15-16H2,1H3,(H,26,28)(H,27,29). The van der Waals surface area contributed by atoms with Gasteiger partial charge >= 0.3 is 0 Å². The number of carbonyl (C=O) groups excluding carboxylic acids is 2. The van der Waals surface area contributed by atoms with Gasteiger partial charge in [-0.2, -0.15) is 0 Å². The first-order valence-corrected chi connectivity index (χ1v) is 11.1. The molecule has 0 bridgehead atoms. The highest BCUT2D eigenvalue weighted by atomic mass is 16.5. The highest BCUT2D eigenvalue weighted by Crippen LogP contribution is 2.31. The van der Waals surface area contributed by atoms with Gasteiger partial charge in [0.1, 0.15) is 18.1 Å². The Morgan fingerprint density at radius 2 is 1.90 bits per heavy atom. The zero-order valence-corrected chi connectivity index (χ0v) is 18.0. The molecule has 2 N–H and O–H groups in total. The first-order valence-electron chi connectivity index (χ1n) is 11.1. The Labute approximate surface area is 183 Å². The minimum atomic E-state index is -0.240. The number of amides is 2. The molecule has 0 spiro atoms. The predicted molar refractivity (Wildman–Crippen MR) is 120 cm³/mol. The third-order valence-corrected chi connectivity index (χ3v) is 6.24. The molecule has 4 rings (SSSR count). The highest BCUT2D eigenvalue weighted by Gasteiger charge is 2.27.